The van der Waals surface area contributed by atoms with Crippen LogP contribution < -0.4 is 10.5 Å². The van der Waals surface area contributed by atoms with E-state index in [-0.39, 0.29) is 5.75 Å². The molecule has 2 N–H and O–H groups in total. The van der Waals surface area contributed by atoms with Gasteiger partial charge < -0.3 is 10.5 Å². The number of ether oxygens (including phenoxy) is 1. The number of para-hydroxylation sites is 1. The molecule has 0 aromatic heterocycles. The number of hydrogen-bond acceptors (Lipinski definition) is 3. The molecule has 1 atom stereocenters. The second-order valence-electron chi connectivity index (χ2n) is 4.15. The van der Waals surface area contributed by atoms with E-state index in [9.17, 15) is 9.18 Å². The summed E-state index contributed by atoms with van der Waals surface area (Å²) in [4.78, 5) is 11.8. The van der Waals surface area contributed by atoms with Crippen LogP contribution in [-0.4, -0.2) is 12.0 Å². The van der Waals surface area contributed by atoms with E-state index in [0.717, 1.165) is 5.56 Å². The number of halogens is 1. The van der Waals surface area contributed by atoms with Gasteiger partial charge >= 0.3 is 5.97 Å². The number of carbonyl (C=O) groups is 1. The number of nitrogens with two attached hydrogens (primary N) is 1. The Balaban J connectivity index is 1.99. The monoisotopic (exact) mass is 259 g/mol. The largest absolute Gasteiger partial charge is 0.422 e. The molecule has 0 heterocycles. The van der Waals surface area contributed by atoms with Crippen LogP contribution in [0.25, 0.3) is 0 Å². The fourth-order valence-corrected chi connectivity index (χ4v) is 1.66. The van der Waals surface area contributed by atoms with Gasteiger partial charge in [-0.1, -0.05) is 42.5 Å². The molecule has 0 bridgehead atoms. The third kappa shape index (κ3) is 3.63. The highest BCUT2D eigenvalue weighted by Gasteiger charge is 2.17. The first-order valence-corrected chi connectivity index (χ1v) is 5.92. The van der Waals surface area contributed by atoms with E-state index < -0.39 is 17.8 Å². The summed E-state index contributed by atoms with van der Waals surface area (Å²) in [6, 6.07) is 14.3. The van der Waals surface area contributed by atoms with Crippen LogP contribution in [0, 0.1) is 5.82 Å². The van der Waals surface area contributed by atoms with Gasteiger partial charge in [-0.2, -0.15) is 0 Å². The fourth-order valence-electron chi connectivity index (χ4n) is 1.66. The van der Waals surface area contributed by atoms with E-state index in [1.54, 1.807) is 6.07 Å². The van der Waals surface area contributed by atoms with Crippen LogP contribution >= 0.6 is 0 Å². The van der Waals surface area contributed by atoms with E-state index in [2.05, 4.69) is 0 Å². The Morgan fingerprint density at radius 1 is 1.11 bits per heavy atom. The molecule has 0 spiro atoms. The summed E-state index contributed by atoms with van der Waals surface area (Å²) in [6.07, 6.45) is 0.355. The first-order chi connectivity index (χ1) is 9.16. The summed E-state index contributed by atoms with van der Waals surface area (Å²) in [5.74, 6) is -1.33. The van der Waals surface area contributed by atoms with E-state index in [4.69, 9.17) is 10.5 Å². The molecular formula is C15H14FNO2. The Kier molecular flexibility index (Phi) is 4.26. The highest BCUT2D eigenvalue weighted by Crippen LogP contribution is 2.16. The quantitative estimate of drug-likeness (QED) is 0.677. The number of benzene rings is 2. The van der Waals surface area contributed by atoms with E-state index in [1.807, 2.05) is 30.3 Å². The first-order valence-electron chi connectivity index (χ1n) is 5.92. The van der Waals surface area contributed by atoms with Crippen molar-refractivity contribution in [1.29, 1.82) is 0 Å². The van der Waals surface area contributed by atoms with Gasteiger partial charge in [0.2, 0.25) is 0 Å². The second-order valence-corrected chi connectivity index (χ2v) is 4.15. The molecule has 0 aliphatic carbocycles. The Morgan fingerprint density at radius 2 is 1.74 bits per heavy atom. The maximum absolute atomic E-state index is 13.3. The highest BCUT2D eigenvalue weighted by molar-refractivity contribution is 5.78. The van der Waals surface area contributed by atoms with Gasteiger partial charge in [0.15, 0.2) is 11.6 Å². The van der Waals surface area contributed by atoms with E-state index in [0.29, 0.717) is 6.42 Å². The van der Waals surface area contributed by atoms with Crippen LogP contribution in [0.3, 0.4) is 0 Å². The number of esters is 1. The van der Waals surface area contributed by atoms with Crippen LogP contribution in [0.4, 0.5) is 4.39 Å². The molecule has 19 heavy (non-hydrogen) atoms. The molecule has 0 saturated heterocycles. The molecule has 2 aromatic rings. The average Bonchev–Trinajstić information content (AvgIpc) is 2.42. The molecule has 2 rings (SSSR count). The zero-order chi connectivity index (χ0) is 13.7. The molecule has 0 radical (unpaired) electrons. The summed E-state index contributed by atoms with van der Waals surface area (Å²) in [5.41, 5.74) is 6.68. The Bertz CT molecular complexity index is 557. The SMILES string of the molecule is NC(Cc1ccccc1)C(=O)Oc1ccccc1F. The lowest BCUT2D eigenvalue weighted by Crippen LogP contribution is -2.36. The fraction of sp³-hybridized carbons (Fsp3) is 0.133. The lowest BCUT2D eigenvalue weighted by atomic mass is 10.1. The van der Waals surface area contributed by atoms with Crippen molar-refractivity contribution in [3.63, 3.8) is 0 Å². The molecule has 3 nitrogen and oxygen atoms in total. The standard InChI is InChI=1S/C15H14FNO2/c16-12-8-4-5-9-14(12)19-15(18)13(17)10-11-6-2-1-3-7-11/h1-9,13H,10,17H2. The van der Waals surface area contributed by atoms with Gasteiger partial charge in [0.1, 0.15) is 6.04 Å². The Morgan fingerprint density at radius 3 is 2.42 bits per heavy atom. The number of hydrogen-bond donors (Lipinski definition) is 1. The summed E-state index contributed by atoms with van der Waals surface area (Å²) < 4.78 is 18.3. The van der Waals surface area contributed by atoms with Gasteiger partial charge in [-0.05, 0) is 24.1 Å². The van der Waals surface area contributed by atoms with Crippen LogP contribution in [-0.2, 0) is 11.2 Å². The van der Waals surface area contributed by atoms with Gasteiger partial charge in [0.25, 0.3) is 0 Å². The van der Waals surface area contributed by atoms with Crippen LogP contribution in [0.1, 0.15) is 5.56 Å². The molecule has 2 aromatic carbocycles. The van der Waals surface area contributed by atoms with E-state index >= 15 is 0 Å². The van der Waals surface area contributed by atoms with Crippen molar-refractivity contribution in [3.05, 3.63) is 66.0 Å². The van der Waals surface area contributed by atoms with Gasteiger partial charge in [0.05, 0.1) is 0 Å². The molecule has 0 amide bonds. The highest BCUT2D eigenvalue weighted by atomic mass is 19.1. The van der Waals surface area contributed by atoms with Crippen molar-refractivity contribution >= 4 is 5.97 Å². The predicted octanol–water partition coefficient (Wildman–Crippen LogP) is 2.30. The third-order valence-corrected chi connectivity index (χ3v) is 2.65. The normalized spacial score (nSPS) is 11.9. The van der Waals surface area contributed by atoms with E-state index in [1.165, 1.54) is 18.2 Å². The molecule has 0 fully saturated rings. The van der Waals surface area contributed by atoms with Gasteiger partial charge in [-0.15, -0.1) is 0 Å². The van der Waals surface area contributed by atoms with Crippen LogP contribution in [0.5, 0.6) is 5.75 Å². The minimum absolute atomic E-state index is 0.101. The second kappa shape index (κ2) is 6.11. The minimum atomic E-state index is -0.818. The van der Waals surface area contributed by atoms with Crippen molar-refractivity contribution in [2.75, 3.05) is 0 Å². The molecule has 0 aliphatic rings. The smallest absolute Gasteiger partial charge is 0.328 e. The number of carbonyl (C=O) groups excluding carboxylic acids is 1. The van der Waals surface area contributed by atoms with Gasteiger partial charge in [-0.3, -0.25) is 0 Å². The van der Waals surface area contributed by atoms with Gasteiger partial charge in [-0.25, -0.2) is 9.18 Å². The summed E-state index contributed by atoms with van der Waals surface area (Å²) >= 11 is 0. The van der Waals surface area contributed by atoms with Crippen molar-refractivity contribution in [3.8, 4) is 5.75 Å². The molecular weight excluding hydrogens is 245 g/mol. The van der Waals surface area contributed by atoms with Gasteiger partial charge in [0, 0.05) is 0 Å². The Hall–Kier alpha value is -2.20. The summed E-state index contributed by atoms with van der Waals surface area (Å²) in [7, 11) is 0. The summed E-state index contributed by atoms with van der Waals surface area (Å²) in [5, 5.41) is 0. The van der Waals surface area contributed by atoms with Crippen molar-refractivity contribution in [2.45, 2.75) is 12.5 Å². The van der Waals surface area contributed by atoms with Crippen LogP contribution in [0.2, 0.25) is 0 Å². The van der Waals surface area contributed by atoms with Crippen molar-refractivity contribution < 1.29 is 13.9 Å². The van der Waals surface area contributed by atoms with Crippen LogP contribution in [0.15, 0.2) is 54.6 Å². The molecule has 0 saturated carbocycles. The maximum Gasteiger partial charge on any atom is 0.328 e. The molecule has 1 unspecified atom stereocenters. The molecule has 98 valence electrons. The van der Waals surface area contributed by atoms with Crippen molar-refractivity contribution in [1.82, 2.24) is 0 Å². The lowest BCUT2D eigenvalue weighted by Gasteiger charge is -2.11. The zero-order valence-corrected chi connectivity index (χ0v) is 10.3. The average molecular weight is 259 g/mol. The predicted molar refractivity (Wildman–Crippen MR) is 70.2 cm³/mol. The Labute approximate surface area is 110 Å². The molecule has 0 aliphatic heterocycles. The van der Waals surface area contributed by atoms with Crippen molar-refractivity contribution in [2.24, 2.45) is 5.73 Å². The topological polar surface area (TPSA) is 52.3 Å². The maximum atomic E-state index is 13.3. The summed E-state index contributed by atoms with van der Waals surface area (Å²) in [6.45, 7) is 0. The minimum Gasteiger partial charge on any atom is -0.422 e. The third-order valence-electron chi connectivity index (χ3n) is 2.65. The molecule has 4 heteroatoms. The lowest BCUT2D eigenvalue weighted by molar-refractivity contribution is -0.136. The number of rotatable bonds is 4. The zero-order valence-electron chi connectivity index (χ0n) is 10.3. The first kappa shape index (κ1) is 13.2.